The van der Waals surface area contributed by atoms with Crippen molar-refractivity contribution in [2.24, 2.45) is 0 Å². The van der Waals surface area contributed by atoms with Gasteiger partial charge in [-0.2, -0.15) is 0 Å². The van der Waals surface area contributed by atoms with Crippen molar-refractivity contribution in [2.75, 3.05) is 24.4 Å². The molecule has 1 aliphatic heterocycles. The number of rotatable bonds is 5. The molecule has 8 heteroatoms. The fourth-order valence-electron chi connectivity index (χ4n) is 2.56. The van der Waals surface area contributed by atoms with Gasteiger partial charge in [-0.05, 0) is 30.3 Å². The van der Waals surface area contributed by atoms with Gasteiger partial charge in [-0.1, -0.05) is 35.3 Å². The number of hydrogen-bond acceptors (Lipinski definition) is 5. The maximum atomic E-state index is 12.9. The molecule has 0 bridgehead atoms. The Morgan fingerprint density at radius 3 is 2.31 bits per heavy atom. The summed E-state index contributed by atoms with van der Waals surface area (Å²) in [6.07, 6.45) is 0. The molecular weight excluding hydrogens is 379 g/mol. The van der Waals surface area contributed by atoms with Crippen molar-refractivity contribution in [1.82, 2.24) is 0 Å². The van der Waals surface area contributed by atoms with Crippen LogP contribution in [0, 0.1) is 0 Å². The Morgan fingerprint density at radius 2 is 1.62 bits per heavy atom. The third kappa shape index (κ3) is 3.09. The molecule has 2 amide bonds. The molecule has 1 aliphatic rings. The van der Waals surface area contributed by atoms with Gasteiger partial charge in [0.15, 0.2) is 0 Å². The minimum Gasteiger partial charge on any atom is -0.495 e. The third-order valence-electron chi connectivity index (χ3n) is 3.77. The average molecular weight is 393 g/mol. The molecule has 0 radical (unpaired) electrons. The molecule has 2 aromatic carbocycles. The van der Waals surface area contributed by atoms with Crippen LogP contribution in [0.25, 0.3) is 0 Å². The summed E-state index contributed by atoms with van der Waals surface area (Å²) in [7, 11) is 2.93. The van der Waals surface area contributed by atoms with Crippen LogP contribution in [-0.4, -0.2) is 26.0 Å². The molecular formula is C18H14Cl2N2O4. The van der Waals surface area contributed by atoms with Crippen molar-refractivity contribution in [3.63, 3.8) is 0 Å². The Hall–Kier alpha value is -2.70. The first-order chi connectivity index (χ1) is 12.5. The van der Waals surface area contributed by atoms with Crippen LogP contribution in [0.3, 0.4) is 0 Å². The minimum atomic E-state index is -0.648. The highest BCUT2D eigenvalue weighted by atomic mass is 35.5. The number of hydrogen-bond donors (Lipinski definition) is 1. The number of carbonyl (C=O) groups excluding carboxylic acids is 2. The van der Waals surface area contributed by atoms with E-state index in [0.29, 0.717) is 27.9 Å². The zero-order chi connectivity index (χ0) is 18.8. The van der Waals surface area contributed by atoms with E-state index in [2.05, 4.69) is 5.32 Å². The summed E-state index contributed by atoms with van der Waals surface area (Å²) >= 11 is 12.1. The molecule has 1 N–H and O–H groups in total. The Morgan fingerprint density at radius 1 is 0.923 bits per heavy atom. The Bertz CT molecular complexity index is 927. The molecule has 0 saturated carbocycles. The van der Waals surface area contributed by atoms with E-state index in [9.17, 15) is 9.59 Å². The van der Waals surface area contributed by atoms with Crippen molar-refractivity contribution in [1.29, 1.82) is 0 Å². The number of nitrogens with one attached hydrogen (secondary N) is 1. The highest BCUT2D eigenvalue weighted by molar-refractivity contribution is 6.53. The van der Waals surface area contributed by atoms with E-state index in [1.165, 1.54) is 14.2 Å². The van der Waals surface area contributed by atoms with Crippen LogP contribution in [-0.2, 0) is 9.59 Å². The lowest BCUT2D eigenvalue weighted by Gasteiger charge is -2.18. The second-order valence-corrected chi connectivity index (χ2v) is 6.09. The highest BCUT2D eigenvalue weighted by Crippen LogP contribution is 2.37. The molecule has 0 unspecified atom stereocenters. The van der Waals surface area contributed by atoms with Crippen LogP contribution in [0.1, 0.15) is 0 Å². The number of imide groups is 1. The highest BCUT2D eigenvalue weighted by Gasteiger charge is 2.40. The number of benzene rings is 2. The zero-order valence-electron chi connectivity index (χ0n) is 13.9. The summed E-state index contributed by atoms with van der Waals surface area (Å²) in [6, 6.07) is 11.5. The van der Waals surface area contributed by atoms with Crippen LogP contribution in [0.4, 0.5) is 11.4 Å². The van der Waals surface area contributed by atoms with Gasteiger partial charge in [0.2, 0.25) is 0 Å². The lowest BCUT2D eigenvalue weighted by Crippen LogP contribution is -2.32. The van der Waals surface area contributed by atoms with Gasteiger partial charge in [0.25, 0.3) is 11.8 Å². The van der Waals surface area contributed by atoms with Crippen molar-refractivity contribution < 1.29 is 19.1 Å². The monoisotopic (exact) mass is 392 g/mol. The van der Waals surface area contributed by atoms with Gasteiger partial charge in [-0.15, -0.1) is 0 Å². The van der Waals surface area contributed by atoms with Crippen LogP contribution >= 0.6 is 23.2 Å². The molecule has 1 heterocycles. The van der Waals surface area contributed by atoms with Crippen LogP contribution in [0.15, 0.2) is 53.2 Å². The van der Waals surface area contributed by atoms with Crippen molar-refractivity contribution >= 4 is 46.4 Å². The lowest BCUT2D eigenvalue weighted by atomic mass is 10.2. The molecule has 134 valence electrons. The lowest BCUT2D eigenvalue weighted by molar-refractivity contribution is -0.120. The van der Waals surface area contributed by atoms with E-state index in [-0.39, 0.29) is 10.7 Å². The maximum Gasteiger partial charge on any atom is 0.283 e. The van der Waals surface area contributed by atoms with Gasteiger partial charge in [0.05, 0.1) is 25.6 Å². The van der Waals surface area contributed by atoms with Crippen molar-refractivity contribution in [2.45, 2.75) is 0 Å². The second kappa shape index (κ2) is 7.27. The summed E-state index contributed by atoms with van der Waals surface area (Å²) in [6.45, 7) is 0. The van der Waals surface area contributed by atoms with E-state index in [0.717, 1.165) is 4.90 Å². The maximum absolute atomic E-state index is 12.9. The molecule has 26 heavy (non-hydrogen) atoms. The summed E-state index contributed by atoms with van der Waals surface area (Å²) in [5, 5.41) is 3.05. The summed E-state index contributed by atoms with van der Waals surface area (Å²) < 4.78 is 10.5. The summed E-state index contributed by atoms with van der Waals surface area (Å²) in [4.78, 5) is 26.4. The molecule has 0 atom stereocenters. The number of nitrogens with zero attached hydrogens (tertiary/aromatic N) is 1. The minimum absolute atomic E-state index is 0.0665. The Labute approximate surface area is 159 Å². The summed E-state index contributed by atoms with van der Waals surface area (Å²) in [5.74, 6) is -0.432. The molecule has 0 spiro atoms. The second-order valence-electron chi connectivity index (χ2n) is 5.28. The van der Waals surface area contributed by atoms with E-state index in [1.807, 2.05) is 0 Å². The van der Waals surface area contributed by atoms with E-state index < -0.39 is 11.8 Å². The van der Waals surface area contributed by atoms with Crippen LogP contribution < -0.4 is 19.7 Å². The molecule has 3 rings (SSSR count). The van der Waals surface area contributed by atoms with Crippen molar-refractivity contribution in [3.05, 3.63) is 58.2 Å². The molecule has 6 nitrogen and oxygen atoms in total. The van der Waals surface area contributed by atoms with Gasteiger partial charge in [0.1, 0.15) is 22.2 Å². The van der Waals surface area contributed by atoms with E-state index >= 15 is 0 Å². The molecule has 0 fully saturated rings. The number of carbonyl (C=O) groups is 2. The fourth-order valence-corrected chi connectivity index (χ4v) is 2.94. The first-order valence-electron chi connectivity index (χ1n) is 7.50. The van der Waals surface area contributed by atoms with Gasteiger partial charge in [-0.3, -0.25) is 9.59 Å². The molecule has 0 saturated heterocycles. The third-order valence-corrected chi connectivity index (χ3v) is 4.36. The first-order valence-corrected chi connectivity index (χ1v) is 8.25. The number of ether oxygens (including phenoxy) is 2. The predicted molar refractivity (Wildman–Crippen MR) is 100.0 cm³/mol. The van der Waals surface area contributed by atoms with Crippen LogP contribution in [0.5, 0.6) is 11.5 Å². The smallest absolute Gasteiger partial charge is 0.283 e. The van der Waals surface area contributed by atoms with Crippen LogP contribution in [0.2, 0.25) is 5.02 Å². The number of anilines is 2. The number of halogens is 2. The van der Waals surface area contributed by atoms with E-state index in [1.54, 1.807) is 42.5 Å². The number of para-hydroxylation sites is 2. The summed E-state index contributed by atoms with van der Waals surface area (Å²) in [5.41, 5.74) is 0.650. The van der Waals surface area contributed by atoms with Gasteiger partial charge in [0, 0.05) is 5.02 Å². The van der Waals surface area contributed by atoms with Crippen molar-refractivity contribution in [3.8, 4) is 11.5 Å². The van der Waals surface area contributed by atoms with Gasteiger partial charge in [-0.25, -0.2) is 4.90 Å². The number of methoxy groups -OCH3 is 2. The van der Waals surface area contributed by atoms with Gasteiger partial charge >= 0.3 is 0 Å². The topological polar surface area (TPSA) is 67.9 Å². The SMILES string of the molecule is COc1ccc(Cl)cc1NC1=C(Cl)C(=O)N(c2ccccc2OC)C1=O. The molecule has 0 aromatic heterocycles. The molecule has 0 aliphatic carbocycles. The normalized spacial score (nSPS) is 14.1. The zero-order valence-corrected chi connectivity index (χ0v) is 15.4. The first kappa shape index (κ1) is 18.1. The standard InChI is InChI=1S/C18H14Cl2N2O4/c1-25-13-8-7-10(19)9-11(13)21-16-15(20)17(23)22(18(16)24)12-5-3-4-6-14(12)26-2/h3-9,21H,1-2H3. The van der Waals surface area contributed by atoms with E-state index in [4.69, 9.17) is 32.7 Å². The fraction of sp³-hybridized carbons (Fsp3) is 0.111. The number of amides is 2. The Kier molecular flexibility index (Phi) is 5.06. The average Bonchev–Trinajstić information content (AvgIpc) is 2.85. The predicted octanol–water partition coefficient (Wildman–Crippen LogP) is 3.79. The van der Waals surface area contributed by atoms with Gasteiger partial charge < -0.3 is 14.8 Å². The quantitative estimate of drug-likeness (QED) is 0.783. The Balaban J connectivity index is 1.99. The molecule has 2 aromatic rings. The largest absolute Gasteiger partial charge is 0.495 e.